The number of rotatable bonds is 43. The van der Waals surface area contributed by atoms with Crippen molar-refractivity contribution in [1.82, 2.24) is 0 Å². The lowest BCUT2D eigenvalue weighted by molar-refractivity contribution is -0.697. The van der Waals surface area contributed by atoms with E-state index in [1.54, 1.807) is 0 Å². The highest BCUT2D eigenvalue weighted by molar-refractivity contribution is 5.89. The van der Waals surface area contributed by atoms with Crippen LogP contribution >= 0.6 is 0 Å². The molecule has 6 nitrogen and oxygen atoms in total. The van der Waals surface area contributed by atoms with Crippen molar-refractivity contribution in [2.45, 2.75) is 258 Å². The van der Waals surface area contributed by atoms with Crippen LogP contribution in [-0.4, -0.2) is 25.2 Å². The second-order valence-electron chi connectivity index (χ2n) is 17.9. The van der Waals surface area contributed by atoms with Crippen molar-refractivity contribution in [3.05, 3.63) is 60.2 Å². The van der Waals surface area contributed by atoms with E-state index in [4.69, 9.17) is 9.47 Å². The van der Waals surface area contributed by atoms with Crippen molar-refractivity contribution in [3.63, 3.8) is 0 Å². The SMILES string of the molecule is CCCCCCCCCCCCCCCCCC[n+]1ccc(C(=O)OCCCCCCOC(=O)c2cc[n+](CCCCCCCCCCCCCCCCCC)cc2)cc1. The molecule has 0 aliphatic heterocycles. The second-order valence-corrected chi connectivity index (χ2v) is 17.9. The number of carbonyl (C=O) groups is 2. The van der Waals surface area contributed by atoms with Gasteiger partial charge in [0, 0.05) is 37.1 Å². The van der Waals surface area contributed by atoms with Gasteiger partial charge in [-0.3, -0.25) is 0 Å². The first-order valence-electron chi connectivity index (χ1n) is 26.0. The van der Waals surface area contributed by atoms with Crippen molar-refractivity contribution < 1.29 is 28.2 Å². The molecule has 0 radical (unpaired) electrons. The fourth-order valence-electron chi connectivity index (χ4n) is 8.22. The van der Waals surface area contributed by atoms with Gasteiger partial charge in [-0.1, -0.05) is 194 Å². The quantitative estimate of drug-likeness (QED) is 0.0379. The van der Waals surface area contributed by atoms with Crippen LogP contribution in [0.4, 0.5) is 0 Å². The van der Waals surface area contributed by atoms with Crippen LogP contribution in [0.15, 0.2) is 49.1 Å². The molecule has 6 heteroatoms. The third kappa shape index (κ3) is 31.1. The van der Waals surface area contributed by atoms with Gasteiger partial charge in [-0.15, -0.1) is 0 Å². The highest BCUT2D eigenvalue weighted by atomic mass is 16.5. The molecular formula is C54H94N2O4+2. The van der Waals surface area contributed by atoms with Gasteiger partial charge in [0.1, 0.15) is 13.1 Å². The Balaban J connectivity index is 1.36. The predicted octanol–water partition coefficient (Wildman–Crippen LogP) is 15.4. The van der Waals surface area contributed by atoms with Crippen molar-refractivity contribution >= 4 is 11.9 Å². The van der Waals surface area contributed by atoms with Gasteiger partial charge in [-0.2, -0.15) is 0 Å². The van der Waals surface area contributed by atoms with Crippen LogP contribution in [0.5, 0.6) is 0 Å². The van der Waals surface area contributed by atoms with Crippen molar-refractivity contribution in [3.8, 4) is 0 Å². The average Bonchev–Trinajstić information content (AvgIpc) is 3.27. The minimum atomic E-state index is -0.257. The Kier molecular flexibility index (Phi) is 35.9. The fraction of sp³-hybridized carbons (Fsp3) is 0.778. The van der Waals surface area contributed by atoms with E-state index < -0.39 is 0 Å². The summed E-state index contributed by atoms with van der Waals surface area (Å²) in [4.78, 5) is 25.0. The smallest absolute Gasteiger partial charge is 0.338 e. The molecule has 342 valence electrons. The van der Waals surface area contributed by atoms with E-state index >= 15 is 0 Å². The van der Waals surface area contributed by atoms with Gasteiger partial charge in [0.2, 0.25) is 0 Å². The summed E-state index contributed by atoms with van der Waals surface area (Å²) in [5.74, 6) is -0.514. The highest BCUT2D eigenvalue weighted by Gasteiger charge is 2.11. The van der Waals surface area contributed by atoms with Crippen LogP contribution in [0.25, 0.3) is 0 Å². The zero-order valence-electron chi connectivity index (χ0n) is 39.4. The fourth-order valence-corrected chi connectivity index (χ4v) is 8.22. The zero-order chi connectivity index (χ0) is 42.8. The lowest BCUT2D eigenvalue weighted by Crippen LogP contribution is -2.32. The Hall–Kier alpha value is -2.76. The molecule has 0 unspecified atom stereocenters. The zero-order valence-corrected chi connectivity index (χ0v) is 39.4. The summed E-state index contributed by atoms with van der Waals surface area (Å²) < 4.78 is 15.4. The largest absolute Gasteiger partial charge is 0.462 e. The molecular weight excluding hydrogens is 741 g/mol. The van der Waals surface area contributed by atoms with Crippen molar-refractivity contribution in [1.29, 1.82) is 0 Å². The first kappa shape index (κ1) is 53.4. The van der Waals surface area contributed by atoms with E-state index in [-0.39, 0.29) is 11.9 Å². The molecule has 2 rings (SSSR count). The van der Waals surface area contributed by atoms with E-state index in [0.717, 1.165) is 38.8 Å². The molecule has 0 spiro atoms. The van der Waals surface area contributed by atoms with Gasteiger partial charge in [0.15, 0.2) is 24.8 Å². The summed E-state index contributed by atoms with van der Waals surface area (Å²) in [7, 11) is 0. The molecule has 0 bridgehead atoms. The second kappa shape index (κ2) is 40.3. The normalized spacial score (nSPS) is 11.3. The number of pyridine rings is 2. The Bertz CT molecular complexity index is 1150. The molecule has 0 aliphatic carbocycles. The third-order valence-corrected chi connectivity index (χ3v) is 12.3. The van der Waals surface area contributed by atoms with Crippen LogP contribution in [0.3, 0.4) is 0 Å². The summed E-state index contributed by atoms with van der Waals surface area (Å²) in [6, 6.07) is 7.49. The summed E-state index contributed by atoms with van der Waals surface area (Å²) in [6.45, 7) is 7.39. The maximum Gasteiger partial charge on any atom is 0.338 e. The summed E-state index contributed by atoms with van der Waals surface area (Å²) in [5, 5.41) is 0. The van der Waals surface area contributed by atoms with E-state index in [9.17, 15) is 9.59 Å². The number of carbonyl (C=O) groups excluding carboxylic acids is 2. The minimum absolute atomic E-state index is 0.257. The summed E-state index contributed by atoms with van der Waals surface area (Å²) in [5.41, 5.74) is 1.22. The molecule has 0 saturated carbocycles. The van der Waals surface area contributed by atoms with Gasteiger partial charge in [0.05, 0.1) is 24.3 Å². The number of hydrogen-bond donors (Lipinski definition) is 0. The van der Waals surface area contributed by atoms with Crippen LogP contribution in [-0.2, 0) is 22.6 Å². The number of ether oxygens (including phenoxy) is 2. The lowest BCUT2D eigenvalue weighted by Gasteiger charge is -2.06. The number of aromatic nitrogens is 2. The molecule has 60 heavy (non-hydrogen) atoms. The van der Waals surface area contributed by atoms with E-state index in [1.165, 1.54) is 205 Å². The Morgan fingerprint density at radius 3 is 0.800 bits per heavy atom. The van der Waals surface area contributed by atoms with E-state index in [2.05, 4.69) is 23.0 Å². The first-order valence-corrected chi connectivity index (χ1v) is 26.0. The Labute approximate surface area is 370 Å². The average molecular weight is 835 g/mol. The maximum absolute atomic E-state index is 12.5. The third-order valence-electron chi connectivity index (χ3n) is 12.3. The molecule has 0 atom stereocenters. The van der Waals surface area contributed by atoms with Gasteiger partial charge >= 0.3 is 11.9 Å². The summed E-state index contributed by atoms with van der Waals surface area (Å²) in [6.07, 6.45) is 55.7. The van der Waals surface area contributed by atoms with Gasteiger partial charge in [-0.05, 0) is 38.5 Å². The highest BCUT2D eigenvalue weighted by Crippen LogP contribution is 2.16. The van der Waals surface area contributed by atoms with Crippen molar-refractivity contribution in [2.75, 3.05) is 13.2 Å². The van der Waals surface area contributed by atoms with Crippen molar-refractivity contribution in [2.24, 2.45) is 0 Å². The number of aryl methyl sites for hydroxylation is 2. The lowest BCUT2D eigenvalue weighted by atomic mass is 10.0. The number of unbranched alkanes of at least 4 members (excludes halogenated alkanes) is 33. The van der Waals surface area contributed by atoms with Crippen LogP contribution in [0.1, 0.15) is 266 Å². The monoisotopic (exact) mass is 835 g/mol. The standard InChI is InChI=1S/C54H94N2O4/c1-3-5-7-9-11-13-15-17-19-21-23-25-27-29-31-35-43-55-45-39-51(40-46-55)53(57)59-49-37-33-34-38-50-60-54(58)52-41-47-56(48-42-52)44-36-32-30-28-26-24-22-20-18-16-14-12-10-8-6-4-2/h39-42,45-48H,3-38,43-44,49-50H2,1-2H3/q+2. The molecule has 2 aromatic rings. The van der Waals surface area contributed by atoms with Crippen LogP contribution in [0.2, 0.25) is 0 Å². The van der Waals surface area contributed by atoms with Crippen LogP contribution < -0.4 is 9.13 Å². The molecule has 0 aromatic carbocycles. The number of esters is 2. The molecule has 2 aromatic heterocycles. The molecule has 0 aliphatic rings. The van der Waals surface area contributed by atoms with E-state index in [0.29, 0.717) is 24.3 Å². The van der Waals surface area contributed by atoms with Gasteiger partial charge in [0.25, 0.3) is 0 Å². The van der Waals surface area contributed by atoms with Crippen LogP contribution in [0, 0.1) is 0 Å². The molecule has 0 saturated heterocycles. The predicted molar refractivity (Wildman–Crippen MR) is 251 cm³/mol. The Morgan fingerprint density at radius 2 is 0.550 bits per heavy atom. The number of nitrogens with zero attached hydrogens (tertiary/aromatic N) is 2. The number of hydrogen-bond acceptors (Lipinski definition) is 4. The molecule has 2 heterocycles. The minimum Gasteiger partial charge on any atom is -0.462 e. The molecule has 0 N–H and O–H groups in total. The molecule has 0 fully saturated rings. The van der Waals surface area contributed by atoms with E-state index in [1.807, 2.05) is 49.1 Å². The topological polar surface area (TPSA) is 60.4 Å². The Morgan fingerprint density at radius 1 is 0.333 bits per heavy atom. The van der Waals surface area contributed by atoms with Gasteiger partial charge in [-0.25, -0.2) is 18.7 Å². The van der Waals surface area contributed by atoms with Gasteiger partial charge < -0.3 is 9.47 Å². The molecule has 0 amide bonds. The maximum atomic E-state index is 12.5. The first-order chi connectivity index (χ1) is 29.6. The summed E-state index contributed by atoms with van der Waals surface area (Å²) >= 11 is 0.